The maximum absolute atomic E-state index is 10.8. The van der Waals surface area contributed by atoms with E-state index in [-0.39, 0.29) is 5.96 Å². The summed E-state index contributed by atoms with van der Waals surface area (Å²) in [4.78, 5) is 14.7. The first-order valence-corrected chi connectivity index (χ1v) is 5.56. The lowest BCUT2D eigenvalue weighted by Crippen LogP contribution is -2.25. The summed E-state index contributed by atoms with van der Waals surface area (Å²) in [7, 11) is 0. The van der Waals surface area contributed by atoms with Crippen LogP contribution in [-0.2, 0) is 11.3 Å². The third kappa shape index (κ3) is 4.32. The Balaban J connectivity index is 2.65. The lowest BCUT2D eigenvalue weighted by atomic mass is 10.2. The average molecular weight is 251 g/mol. The molecule has 1 unspecified atom stereocenters. The fourth-order valence-electron chi connectivity index (χ4n) is 1.33. The molecule has 0 bridgehead atoms. The Hall–Kier alpha value is -2.24. The van der Waals surface area contributed by atoms with Gasteiger partial charge in [-0.15, -0.1) is 0 Å². The van der Waals surface area contributed by atoms with Gasteiger partial charge in [0.25, 0.3) is 0 Å². The van der Waals surface area contributed by atoms with Crippen molar-refractivity contribution in [2.45, 2.75) is 26.0 Å². The number of guanidine groups is 1. The second-order valence-electron chi connectivity index (χ2n) is 3.74. The van der Waals surface area contributed by atoms with Gasteiger partial charge in [0.15, 0.2) is 12.1 Å². The highest BCUT2D eigenvalue weighted by atomic mass is 16.5. The van der Waals surface area contributed by atoms with E-state index in [1.54, 1.807) is 31.2 Å². The molecule has 0 aromatic heterocycles. The molecule has 1 rings (SSSR count). The maximum Gasteiger partial charge on any atom is 0.344 e. The topological polar surface area (TPSA) is 111 Å². The zero-order valence-electron chi connectivity index (χ0n) is 10.2. The van der Waals surface area contributed by atoms with E-state index in [1.807, 2.05) is 0 Å². The van der Waals surface area contributed by atoms with E-state index in [1.165, 1.54) is 0 Å². The minimum Gasteiger partial charge on any atom is -0.479 e. The molecule has 1 atom stereocenters. The van der Waals surface area contributed by atoms with Crippen molar-refractivity contribution in [1.29, 1.82) is 0 Å². The number of aliphatic imine (C=N–C) groups is 1. The SMILES string of the molecule is CCC(Oc1ccc(CN=C(N)N)cc1)C(=O)O. The fraction of sp³-hybridized carbons (Fsp3) is 0.333. The lowest BCUT2D eigenvalue weighted by Gasteiger charge is -2.13. The number of hydrogen-bond donors (Lipinski definition) is 3. The van der Waals surface area contributed by atoms with Crippen LogP contribution in [0.3, 0.4) is 0 Å². The normalized spacial score (nSPS) is 11.6. The molecule has 5 N–H and O–H groups in total. The Labute approximate surface area is 105 Å². The van der Waals surface area contributed by atoms with Gasteiger partial charge in [0.05, 0.1) is 6.54 Å². The molecule has 1 aromatic rings. The summed E-state index contributed by atoms with van der Waals surface area (Å²) >= 11 is 0. The van der Waals surface area contributed by atoms with Crippen molar-refractivity contribution in [2.75, 3.05) is 0 Å². The molecule has 0 spiro atoms. The minimum absolute atomic E-state index is 0.0345. The summed E-state index contributed by atoms with van der Waals surface area (Å²) in [6.45, 7) is 2.14. The van der Waals surface area contributed by atoms with Crippen LogP contribution in [0.25, 0.3) is 0 Å². The predicted molar refractivity (Wildman–Crippen MR) is 68.3 cm³/mol. The van der Waals surface area contributed by atoms with Crippen molar-refractivity contribution in [3.63, 3.8) is 0 Å². The highest BCUT2D eigenvalue weighted by Crippen LogP contribution is 2.15. The number of nitrogens with two attached hydrogens (primary N) is 2. The van der Waals surface area contributed by atoms with E-state index in [9.17, 15) is 4.79 Å². The van der Waals surface area contributed by atoms with E-state index in [4.69, 9.17) is 21.3 Å². The van der Waals surface area contributed by atoms with Gasteiger partial charge >= 0.3 is 5.97 Å². The van der Waals surface area contributed by atoms with E-state index in [0.29, 0.717) is 18.7 Å². The maximum atomic E-state index is 10.8. The number of benzene rings is 1. The Morgan fingerprint density at radius 2 is 2.00 bits per heavy atom. The number of carboxylic acid groups (broad SMARTS) is 1. The Morgan fingerprint density at radius 3 is 2.44 bits per heavy atom. The predicted octanol–water partition coefficient (Wildman–Crippen LogP) is 0.702. The number of aliphatic carboxylic acids is 1. The van der Waals surface area contributed by atoms with Gasteiger partial charge in [-0.2, -0.15) is 0 Å². The Morgan fingerprint density at radius 1 is 1.39 bits per heavy atom. The molecule has 0 saturated carbocycles. The van der Waals surface area contributed by atoms with Crippen LogP contribution in [0.15, 0.2) is 29.3 Å². The minimum atomic E-state index is -0.970. The van der Waals surface area contributed by atoms with Gasteiger partial charge in [-0.25, -0.2) is 9.79 Å². The zero-order valence-corrected chi connectivity index (χ0v) is 10.2. The van der Waals surface area contributed by atoms with Gasteiger partial charge in [0, 0.05) is 0 Å². The monoisotopic (exact) mass is 251 g/mol. The molecule has 6 heteroatoms. The third-order valence-electron chi connectivity index (χ3n) is 2.29. The van der Waals surface area contributed by atoms with Crippen molar-refractivity contribution >= 4 is 11.9 Å². The quantitative estimate of drug-likeness (QED) is 0.509. The zero-order chi connectivity index (χ0) is 13.5. The highest BCUT2D eigenvalue weighted by Gasteiger charge is 2.16. The molecule has 0 heterocycles. The Bertz CT molecular complexity index is 425. The van der Waals surface area contributed by atoms with Crippen molar-refractivity contribution in [2.24, 2.45) is 16.5 Å². The van der Waals surface area contributed by atoms with Crippen LogP contribution in [0.1, 0.15) is 18.9 Å². The number of ether oxygens (including phenoxy) is 1. The number of rotatable bonds is 6. The highest BCUT2D eigenvalue weighted by molar-refractivity contribution is 5.75. The van der Waals surface area contributed by atoms with Crippen LogP contribution in [0.2, 0.25) is 0 Å². The third-order valence-corrected chi connectivity index (χ3v) is 2.29. The van der Waals surface area contributed by atoms with Crippen LogP contribution in [0, 0.1) is 0 Å². The van der Waals surface area contributed by atoms with Gasteiger partial charge in [0.1, 0.15) is 5.75 Å². The van der Waals surface area contributed by atoms with Gasteiger partial charge in [0.2, 0.25) is 0 Å². The number of nitrogens with zero attached hydrogens (tertiary/aromatic N) is 1. The van der Waals surface area contributed by atoms with Gasteiger partial charge in [-0.3, -0.25) is 0 Å². The molecule has 0 fully saturated rings. The number of hydrogen-bond acceptors (Lipinski definition) is 3. The Kier molecular flexibility index (Phi) is 4.98. The van der Waals surface area contributed by atoms with E-state index >= 15 is 0 Å². The first kappa shape index (κ1) is 13.8. The van der Waals surface area contributed by atoms with Crippen molar-refractivity contribution < 1.29 is 14.6 Å². The molecule has 1 aromatic carbocycles. The first-order valence-electron chi connectivity index (χ1n) is 5.56. The van der Waals surface area contributed by atoms with Crippen LogP contribution < -0.4 is 16.2 Å². The molecule has 0 aliphatic heterocycles. The summed E-state index contributed by atoms with van der Waals surface area (Å²) in [6.07, 6.45) is -0.418. The van der Waals surface area contributed by atoms with Crippen LogP contribution in [0.5, 0.6) is 5.75 Å². The molecular weight excluding hydrogens is 234 g/mol. The first-order chi connectivity index (χ1) is 8.52. The number of carboxylic acids is 1. The molecule has 18 heavy (non-hydrogen) atoms. The van der Waals surface area contributed by atoms with Crippen LogP contribution in [-0.4, -0.2) is 23.1 Å². The van der Waals surface area contributed by atoms with Gasteiger partial charge < -0.3 is 21.3 Å². The molecular formula is C12H17N3O3. The molecule has 0 aliphatic carbocycles. The van der Waals surface area contributed by atoms with Gasteiger partial charge in [-0.1, -0.05) is 19.1 Å². The van der Waals surface area contributed by atoms with Crippen molar-refractivity contribution in [3.05, 3.63) is 29.8 Å². The van der Waals surface area contributed by atoms with Gasteiger partial charge in [-0.05, 0) is 24.1 Å². The largest absolute Gasteiger partial charge is 0.479 e. The van der Waals surface area contributed by atoms with Crippen molar-refractivity contribution in [3.8, 4) is 5.75 Å². The fourth-order valence-corrected chi connectivity index (χ4v) is 1.33. The molecule has 0 saturated heterocycles. The van der Waals surface area contributed by atoms with Crippen LogP contribution in [0.4, 0.5) is 0 Å². The number of carbonyl (C=O) groups is 1. The van der Waals surface area contributed by atoms with Crippen LogP contribution >= 0.6 is 0 Å². The summed E-state index contributed by atoms with van der Waals surface area (Å²) in [5, 5.41) is 8.86. The molecule has 6 nitrogen and oxygen atoms in total. The average Bonchev–Trinajstić information content (AvgIpc) is 2.34. The smallest absolute Gasteiger partial charge is 0.344 e. The standard InChI is InChI=1S/C12H17N3O3/c1-2-10(11(16)17)18-9-5-3-8(4-6-9)7-15-12(13)14/h3-6,10H,2,7H2,1H3,(H,16,17)(H4,13,14,15). The van der Waals surface area contributed by atoms with E-state index < -0.39 is 12.1 Å². The molecule has 0 radical (unpaired) electrons. The second kappa shape index (κ2) is 6.48. The second-order valence-corrected chi connectivity index (χ2v) is 3.74. The summed E-state index contributed by atoms with van der Waals surface area (Å²) in [5.74, 6) is -0.424. The molecule has 0 amide bonds. The summed E-state index contributed by atoms with van der Waals surface area (Å²) in [5.41, 5.74) is 11.4. The molecule has 0 aliphatic rings. The molecule has 98 valence electrons. The summed E-state index contributed by atoms with van der Waals surface area (Å²) in [6, 6.07) is 6.97. The lowest BCUT2D eigenvalue weighted by molar-refractivity contribution is -0.145. The summed E-state index contributed by atoms with van der Waals surface area (Å²) < 4.78 is 5.32. The van der Waals surface area contributed by atoms with E-state index in [2.05, 4.69) is 4.99 Å². The van der Waals surface area contributed by atoms with Crippen molar-refractivity contribution in [1.82, 2.24) is 0 Å². The van der Waals surface area contributed by atoms with E-state index in [0.717, 1.165) is 5.56 Å².